The van der Waals surface area contributed by atoms with E-state index in [1.807, 2.05) is 0 Å². The Bertz CT molecular complexity index is 1400. The summed E-state index contributed by atoms with van der Waals surface area (Å²) in [5.74, 6) is 0.165. The Kier molecular flexibility index (Phi) is 12.1. The normalized spacial score (nSPS) is 53.3. The van der Waals surface area contributed by atoms with Crippen LogP contribution in [0.2, 0.25) is 0 Å². The van der Waals surface area contributed by atoms with Crippen LogP contribution in [0.3, 0.4) is 0 Å². The van der Waals surface area contributed by atoms with Crippen molar-refractivity contribution in [2.45, 2.75) is 187 Å². The Morgan fingerprint density at radius 1 is 0.759 bits per heavy atom. The predicted molar refractivity (Wildman–Crippen MR) is 199 cm³/mol. The van der Waals surface area contributed by atoms with Crippen molar-refractivity contribution in [3.8, 4) is 0 Å². The molecule has 0 aromatic carbocycles. The quantitative estimate of drug-likeness (QED) is 0.133. The molecule has 6 rings (SSSR count). The molecule has 0 aromatic heterocycles. The van der Waals surface area contributed by atoms with Gasteiger partial charge in [-0.15, -0.1) is 0 Å². The van der Waals surface area contributed by atoms with E-state index in [1.165, 1.54) is 18.1 Å². The predicted octanol–water partition coefficient (Wildman–Crippen LogP) is 2.95. The lowest BCUT2D eigenvalue weighted by Gasteiger charge is -2.72. The summed E-state index contributed by atoms with van der Waals surface area (Å²) in [7, 11) is 0. The van der Waals surface area contributed by atoms with Crippen LogP contribution >= 0.6 is 0 Å². The number of allylic oxidation sites excluding steroid dienone is 4. The van der Waals surface area contributed by atoms with Crippen molar-refractivity contribution in [1.82, 2.24) is 0 Å². The van der Waals surface area contributed by atoms with Gasteiger partial charge in [0, 0.05) is 0 Å². The Morgan fingerprint density at radius 3 is 2.09 bits per heavy atom. The van der Waals surface area contributed by atoms with Crippen molar-refractivity contribution in [1.29, 1.82) is 0 Å². The van der Waals surface area contributed by atoms with Crippen molar-refractivity contribution in [3.05, 3.63) is 23.3 Å². The van der Waals surface area contributed by atoms with E-state index < -0.39 is 91.7 Å². The third-order valence-corrected chi connectivity index (χ3v) is 16.0. The highest BCUT2D eigenvalue weighted by molar-refractivity contribution is 5.24. The van der Waals surface area contributed by atoms with Gasteiger partial charge in [0.1, 0.15) is 42.7 Å². The largest absolute Gasteiger partial charge is 0.394 e. The fourth-order valence-corrected chi connectivity index (χ4v) is 12.9. The van der Waals surface area contributed by atoms with Gasteiger partial charge in [0.2, 0.25) is 0 Å². The summed E-state index contributed by atoms with van der Waals surface area (Å²) in [5.41, 5.74) is 1.01. The van der Waals surface area contributed by atoms with Crippen LogP contribution in [0.25, 0.3) is 0 Å². The minimum Gasteiger partial charge on any atom is -0.394 e. The molecule has 20 atom stereocenters. The molecule has 6 aliphatic rings. The maximum atomic E-state index is 12.2. The van der Waals surface area contributed by atoms with Gasteiger partial charge < -0.3 is 59.8 Å². The summed E-state index contributed by atoms with van der Waals surface area (Å²) in [6, 6.07) is 0. The third-order valence-electron chi connectivity index (χ3n) is 16.0. The molecular weight excluding hydrogens is 696 g/mol. The Hall–Kier alpha value is -1.00. The molecule has 12 heteroatoms. The first kappa shape index (κ1) is 42.6. The van der Waals surface area contributed by atoms with Gasteiger partial charge in [0.25, 0.3) is 0 Å². The molecule has 4 aliphatic carbocycles. The molecule has 0 unspecified atom stereocenters. The number of hydrogen-bond acceptors (Lipinski definition) is 12. The zero-order valence-electron chi connectivity index (χ0n) is 33.8. The van der Waals surface area contributed by atoms with Crippen LogP contribution in [0.1, 0.15) is 107 Å². The maximum absolute atomic E-state index is 12.2. The van der Waals surface area contributed by atoms with Gasteiger partial charge >= 0.3 is 0 Å². The van der Waals surface area contributed by atoms with Gasteiger partial charge in [0.15, 0.2) is 12.6 Å². The van der Waals surface area contributed by atoms with E-state index in [2.05, 4.69) is 67.5 Å². The minimum absolute atomic E-state index is 0.0381. The first-order valence-electron chi connectivity index (χ1n) is 20.4. The SMILES string of the molecule is CC(C)=CC/C=C(/C)[C@H]1CC[C@]2(C)[C@@H]1[C@H](O)C[C@@H]1[C@@]3(C)CC[C@H](O)C(C)(C)[C@@H]3[C@@H](O[C@@H]3O[C@H](CO)[C@@H](O)[C@H](O)[C@H]3O[C@H]3O[C@@H](C)[C@H](O)[C@@H](O)[C@@H]3O)C[C@]12C. The van der Waals surface area contributed by atoms with Gasteiger partial charge in [-0.2, -0.15) is 0 Å². The number of ether oxygens (including phenoxy) is 4. The standard InChI is InChI=1S/C42H70O12/c1-20(2)11-10-12-21(3)23-13-16-41(8)29(23)24(44)17-27-40(7)15-14-28(45)39(5,6)36(40)25(18-42(27,41)9)52-38-35(33(49)31(47)26(19-43)53-38)54-37-34(50)32(48)30(46)22(4)51-37/h11-12,22-38,43-50H,10,13-19H2,1-9H3/b21-12-/t22-,23+,24+,25-,26+,27+,28-,29-,30-,31+,32+,33-,34-,35+,36-,37+,38+,40+,41+,42+/m0/s1. The van der Waals surface area contributed by atoms with Crippen LogP contribution in [0.4, 0.5) is 0 Å². The van der Waals surface area contributed by atoms with Crippen molar-refractivity contribution in [2.24, 2.45) is 45.3 Å². The van der Waals surface area contributed by atoms with Crippen LogP contribution in [0.15, 0.2) is 23.3 Å². The van der Waals surface area contributed by atoms with E-state index >= 15 is 0 Å². The first-order chi connectivity index (χ1) is 25.1. The zero-order valence-corrected chi connectivity index (χ0v) is 33.8. The monoisotopic (exact) mass is 766 g/mol. The lowest BCUT2D eigenvalue weighted by molar-refractivity contribution is -0.381. The third kappa shape index (κ3) is 6.79. The fraction of sp³-hybridized carbons (Fsp3) is 0.905. The molecule has 2 heterocycles. The molecular formula is C42H70O12. The highest BCUT2D eigenvalue weighted by atomic mass is 16.8. The Balaban J connectivity index is 1.39. The Labute approximate surface area is 321 Å². The summed E-state index contributed by atoms with van der Waals surface area (Å²) in [6.07, 6.45) is -6.05. The number of fused-ring (bicyclic) bond motifs is 5. The first-order valence-corrected chi connectivity index (χ1v) is 20.4. The van der Waals surface area contributed by atoms with Gasteiger partial charge in [-0.1, -0.05) is 57.9 Å². The fourth-order valence-electron chi connectivity index (χ4n) is 12.9. The zero-order chi connectivity index (χ0) is 39.9. The van der Waals surface area contributed by atoms with Crippen molar-refractivity contribution >= 4 is 0 Å². The molecule has 0 spiro atoms. The van der Waals surface area contributed by atoms with E-state index in [0.29, 0.717) is 19.3 Å². The second-order valence-corrected chi connectivity index (χ2v) is 19.6. The molecule has 2 aliphatic heterocycles. The van der Waals surface area contributed by atoms with Crippen molar-refractivity contribution < 1.29 is 59.8 Å². The van der Waals surface area contributed by atoms with E-state index in [0.717, 1.165) is 25.7 Å². The van der Waals surface area contributed by atoms with Crippen LogP contribution < -0.4 is 0 Å². The molecule has 0 bridgehead atoms. The summed E-state index contributed by atoms with van der Waals surface area (Å²) in [5, 5.41) is 88.2. The molecule has 4 saturated carbocycles. The highest BCUT2D eigenvalue weighted by Crippen LogP contribution is 2.76. The molecule has 2 saturated heterocycles. The van der Waals surface area contributed by atoms with Crippen LogP contribution in [-0.4, -0.2) is 127 Å². The molecule has 54 heavy (non-hydrogen) atoms. The molecule has 0 radical (unpaired) electrons. The summed E-state index contributed by atoms with van der Waals surface area (Å²) in [4.78, 5) is 0. The lowest BCUT2D eigenvalue weighted by atomic mass is 9.34. The van der Waals surface area contributed by atoms with Crippen molar-refractivity contribution in [2.75, 3.05) is 6.61 Å². The van der Waals surface area contributed by atoms with Crippen molar-refractivity contribution in [3.63, 3.8) is 0 Å². The van der Waals surface area contributed by atoms with E-state index in [4.69, 9.17) is 18.9 Å². The Morgan fingerprint density at radius 2 is 1.44 bits per heavy atom. The lowest BCUT2D eigenvalue weighted by Crippen LogP contribution is -2.71. The second kappa shape index (κ2) is 15.3. The number of hydrogen-bond donors (Lipinski definition) is 8. The smallest absolute Gasteiger partial charge is 0.187 e. The summed E-state index contributed by atoms with van der Waals surface area (Å²) < 4.78 is 25.2. The van der Waals surface area contributed by atoms with Gasteiger partial charge in [0.05, 0.1) is 31.0 Å². The molecule has 0 amide bonds. The molecule has 0 aromatic rings. The second-order valence-electron chi connectivity index (χ2n) is 19.6. The minimum atomic E-state index is -1.68. The number of aliphatic hydroxyl groups is 8. The molecule has 6 fully saturated rings. The van der Waals surface area contributed by atoms with E-state index in [9.17, 15) is 40.9 Å². The molecule has 12 nitrogen and oxygen atoms in total. The number of rotatable bonds is 8. The highest BCUT2D eigenvalue weighted by Gasteiger charge is 2.73. The molecule has 8 N–H and O–H groups in total. The van der Waals surface area contributed by atoms with E-state index in [1.54, 1.807) is 0 Å². The maximum Gasteiger partial charge on any atom is 0.187 e. The average Bonchev–Trinajstić information content (AvgIpc) is 3.48. The van der Waals surface area contributed by atoms with Crippen LogP contribution in [-0.2, 0) is 18.9 Å². The number of aliphatic hydroxyl groups excluding tert-OH is 8. The van der Waals surface area contributed by atoms with Gasteiger partial charge in [-0.3, -0.25) is 0 Å². The average molecular weight is 767 g/mol. The van der Waals surface area contributed by atoms with Crippen LogP contribution in [0, 0.1) is 45.3 Å². The summed E-state index contributed by atoms with van der Waals surface area (Å²) >= 11 is 0. The summed E-state index contributed by atoms with van der Waals surface area (Å²) in [6.45, 7) is 18.5. The van der Waals surface area contributed by atoms with Gasteiger partial charge in [-0.05, 0) is 118 Å². The van der Waals surface area contributed by atoms with E-state index in [-0.39, 0.29) is 39.9 Å². The van der Waals surface area contributed by atoms with Gasteiger partial charge in [-0.25, -0.2) is 0 Å². The molecule has 310 valence electrons. The topological polar surface area (TPSA) is 199 Å². The van der Waals surface area contributed by atoms with Crippen LogP contribution in [0.5, 0.6) is 0 Å².